The highest BCUT2D eigenvalue weighted by Gasteiger charge is 2.01. The molecule has 2 aromatic rings. The largest absolute Gasteiger partial charge is 0.312 e. The van der Waals surface area contributed by atoms with Crippen molar-refractivity contribution in [2.45, 2.75) is 13.0 Å². The standard InChI is InChI=1S/C15H13F2N3/c16-13-5-11(6-14(17)8-13)1-3-19-10-12-2-4-20-15(7-12)9-18/h2,4-8,19H,1,3,10H2. The molecule has 0 aliphatic rings. The van der Waals surface area contributed by atoms with Crippen molar-refractivity contribution in [3.05, 3.63) is 65.0 Å². The molecule has 20 heavy (non-hydrogen) atoms. The Bertz CT molecular complexity index is 615. The van der Waals surface area contributed by atoms with Crippen LogP contribution in [0.3, 0.4) is 0 Å². The Hall–Kier alpha value is -2.32. The summed E-state index contributed by atoms with van der Waals surface area (Å²) >= 11 is 0. The topological polar surface area (TPSA) is 48.7 Å². The first-order valence-corrected chi connectivity index (χ1v) is 6.18. The molecule has 0 atom stereocenters. The summed E-state index contributed by atoms with van der Waals surface area (Å²) in [5, 5.41) is 11.9. The lowest BCUT2D eigenvalue weighted by Crippen LogP contribution is -2.17. The van der Waals surface area contributed by atoms with Gasteiger partial charge in [0.1, 0.15) is 23.4 Å². The van der Waals surface area contributed by atoms with E-state index in [-0.39, 0.29) is 0 Å². The second-order valence-electron chi connectivity index (χ2n) is 4.37. The third-order valence-corrected chi connectivity index (χ3v) is 2.78. The molecular formula is C15H13F2N3. The molecule has 1 heterocycles. The van der Waals surface area contributed by atoms with E-state index < -0.39 is 11.6 Å². The number of halogens is 2. The Balaban J connectivity index is 1.83. The lowest BCUT2D eigenvalue weighted by Gasteiger charge is -2.06. The number of aromatic nitrogens is 1. The molecule has 0 spiro atoms. The molecular weight excluding hydrogens is 260 g/mol. The van der Waals surface area contributed by atoms with Crippen LogP contribution in [0.15, 0.2) is 36.5 Å². The average molecular weight is 273 g/mol. The van der Waals surface area contributed by atoms with Crippen molar-refractivity contribution in [1.29, 1.82) is 5.26 Å². The minimum absolute atomic E-state index is 0.372. The predicted molar refractivity (Wildman–Crippen MR) is 70.7 cm³/mol. The fraction of sp³-hybridized carbons (Fsp3) is 0.200. The van der Waals surface area contributed by atoms with Gasteiger partial charge in [0.25, 0.3) is 0 Å². The number of hydrogen-bond donors (Lipinski definition) is 1. The maximum Gasteiger partial charge on any atom is 0.140 e. The van der Waals surface area contributed by atoms with Gasteiger partial charge in [0, 0.05) is 18.8 Å². The molecule has 0 aliphatic carbocycles. The van der Waals surface area contributed by atoms with Crippen molar-refractivity contribution >= 4 is 0 Å². The quantitative estimate of drug-likeness (QED) is 0.852. The van der Waals surface area contributed by atoms with Gasteiger partial charge < -0.3 is 5.32 Å². The second-order valence-corrected chi connectivity index (χ2v) is 4.37. The number of benzene rings is 1. The first-order valence-electron chi connectivity index (χ1n) is 6.18. The second kappa shape index (κ2) is 6.73. The van der Waals surface area contributed by atoms with E-state index in [2.05, 4.69) is 10.3 Å². The van der Waals surface area contributed by atoms with E-state index in [1.54, 1.807) is 12.3 Å². The van der Waals surface area contributed by atoms with Crippen LogP contribution in [-0.2, 0) is 13.0 Å². The highest BCUT2D eigenvalue weighted by atomic mass is 19.1. The van der Waals surface area contributed by atoms with Gasteiger partial charge in [-0.3, -0.25) is 0 Å². The minimum atomic E-state index is -0.562. The van der Waals surface area contributed by atoms with Crippen LogP contribution in [0.4, 0.5) is 8.78 Å². The molecule has 3 nitrogen and oxygen atoms in total. The molecule has 0 aliphatic heterocycles. The van der Waals surface area contributed by atoms with E-state index in [9.17, 15) is 8.78 Å². The molecule has 0 radical (unpaired) electrons. The van der Waals surface area contributed by atoms with Crippen molar-refractivity contribution in [2.24, 2.45) is 0 Å². The van der Waals surface area contributed by atoms with Gasteiger partial charge in [-0.2, -0.15) is 5.26 Å². The van der Waals surface area contributed by atoms with Crippen molar-refractivity contribution in [1.82, 2.24) is 10.3 Å². The first kappa shape index (κ1) is 14.1. The SMILES string of the molecule is N#Cc1cc(CNCCc2cc(F)cc(F)c2)ccn1. The highest BCUT2D eigenvalue weighted by Crippen LogP contribution is 2.08. The predicted octanol–water partition coefficient (Wildman–Crippen LogP) is 2.56. The summed E-state index contributed by atoms with van der Waals surface area (Å²) in [4.78, 5) is 3.88. The Labute approximate surface area is 115 Å². The first-order chi connectivity index (χ1) is 9.67. The number of nitrogens with one attached hydrogen (secondary N) is 1. The number of nitrogens with zero attached hydrogens (tertiary/aromatic N) is 2. The van der Waals surface area contributed by atoms with Crippen LogP contribution in [-0.4, -0.2) is 11.5 Å². The normalized spacial score (nSPS) is 10.2. The minimum Gasteiger partial charge on any atom is -0.312 e. The van der Waals surface area contributed by atoms with Crippen LogP contribution in [0.5, 0.6) is 0 Å². The van der Waals surface area contributed by atoms with E-state index in [4.69, 9.17) is 5.26 Å². The third-order valence-electron chi connectivity index (χ3n) is 2.78. The van der Waals surface area contributed by atoms with Crippen molar-refractivity contribution in [3.63, 3.8) is 0 Å². The monoisotopic (exact) mass is 273 g/mol. The number of hydrogen-bond acceptors (Lipinski definition) is 3. The van der Waals surface area contributed by atoms with Gasteiger partial charge in [-0.1, -0.05) is 0 Å². The van der Waals surface area contributed by atoms with Gasteiger partial charge >= 0.3 is 0 Å². The van der Waals surface area contributed by atoms with Crippen LogP contribution in [0.25, 0.3) is 0 Å². The van der Waals surface area contributed by atoms with Gasteiger partial charge in [0.05, 0.1) is 0 Å². The summed E-state index contributed by atoms with van der Waals surface area (Å²) in [6.45, 7) is 1.17. The average Bonchev–Trinajstić information content (AvgIpc) is 2.43. The molecule has 1 aromatic carbocycles. The molecule has 0 fully saturated rings. The fourth-order valence-corrected chi connectivity index (χ4v) is 1.87. The molecule has 5 heteroatoms. The lowest BCUT2D eigenvalue weighted by molar-refractivity contribution is 0.577. The Morgan fingerprint density at radius 2 is 1.85 bits per heavy atom. The van der Waals surface area contributed by atoms with Gasteiger partial charge in [-0.25, -0.2) is 13.8 Å². The van der Waals surface area contributed by atoms with Gasteiger partial charge in [-0.05, 0) is 48.4 Å². The van der Waals surface area contributed by atoms with Crippen LogP contribution in [0, 0.1) is 23.0 Å². The zero-order valence-corrected chi connectivity index (χ0v) is 10.7. The summed E-state index contributed by atoms with van der Waals surface area (Å²) in [6.07, 6.45) is 2.11. The maximum absolute atomic E-state index is 13.0. The zero-order chi connectivity index (χ0) is 14.4. The summed E-state index contributed by atoms with van der Waals surface area (Å²) in [5.74, 6) is -1.12. The summed E-state index contributed by atoms with van der Waals surface area (Å²) < 4.78 is 26.0. The Kier molecular flexibility index (Phi) is 4.75. The molecule has 1 aromatic heterocycles. The molecule has 0 unspecified atom stereocenters. The highest BCUT2D eigenvalue weighted by molar-refractivity contribution is 5.25. The van der Waals surface area contributed by atoms with Gasteiger partial charge in [0.15, 0.2) is 0 Å². The maximum atomic E-state index is 13.0. The van der Waals surface area contributed by atoms with Gasteiger partial charge in [0.2, 0.25) is 0 Å². The molecule has 0 saturated heterocycles. The number of pyridine rings is 1. The van der Waals surface area contributed by atoms with E-state index in [1.165, 1.54) is 12.1 Å². The Morgan fingerprint density at radius 1 is 1.10 bits per heavy atom. The zero-order valence-electron chi connectivity index (χ0n) is 10.7. The summed E-state index contributed by atoms with van der Waals surface area (Å²) in [6, 6.07) is 9.00. The van der Waals surface area contributed by atoms with E-state index in [0.29, 0.717) is 30.8 Å². The molecule has 1 N–H and O–H groups in total. The van der Waals surface area contributed by atoms with E-state index in [1.807, 2.05) is 12.1 Å². The lowest BCUT2D eigenvalue weighted by atomic mass is 10.1. The third kappa shape index (κ3) is 4.11. The number of rotatable bonds is 5. The van der Waals surface area contributed by atoms with E-state index >= 15 is 0 Å². The summed E-state index contributed by atoms with van der Waals surface area (Å²) in [7, 11) is 0. The van der Waals surface area contributed by atoms with Crippen molar-refractivity contribution < 1.29 is 8.78 Å². The summed E-state index contributed by atoms with van der Waals surface area (Å²) in [5.41, 5.74) is 1.93. The Morgan fingerprint density at radius 3 is 2.55 bits per heavy atom. The van der Waals surface area contributed by atoms with Crippen LogP contribution >= 0.6 is 0 Å². The fourth-order valence-electron chi connectivity index (χ4n) is 1.87. The van der Waals surface area contributed by atoms with Crippen LogP contribution in [0.2, 0.25) is 0 Å². The van der Waals surface area contributed by atoms with Crippen molar-refractivity contribution in [3.8, 4) is 6.07 Å². The molecule has 2 rings (SSSR count). The van der Waals surface area contributed by atoms with Crippen LogP contribution in [0.1, 0.15) is 16.8 Å². The molecule has 0 bridgehead atoms. The van der Waals surface area contributed by atoms with Gasteiger partial charge in [-0.15, -0.1) is 0 Å². The van der Waals surface area contributed by atoms with E-state index in [0.717, 1.165) is 11.6 Å². The van der Waals surface area contributed by atoms with Crippen LogP contribution < -0.4 is 5.32 Å². The molecule has 102 valence electrons. The molecule has 0 saturated carbocycles. The number of nitriles is 1. The molecule has 0 amide bonds. The smallest absolute Gasteiger partial charge is 0.140 e. The van der Waals surface area contributed by atoms with Crippen molar-refractivity contribution in [2.75, 3.05) is 6.54 Å².